The third kappa shape index (κ3) is 5.44. The smallest absolute Gasteiger partial charge is 0.258 e. The molecule has 2 rings (SSSR count). The van der Waals surface area contributed by atoms with Crippen LogP contribution in [0.25, 0.3) is 0 Å². The van der Waals surface area contributed by atoms with Crippen molar-refractivity contribution in [1.82, 2.24) is 10.6 Å². The Labute approximate surface area is 131 Å². The minimum Gasteiger partial charge on any atom is -0.493 e. The Hall–Kier alpha value is -1.46. The molecule has 2 unspecified atom stereocenters. The number of methoxy groups -OCH3 is 1. The van der Waals surface area contributed by atoms with Crippen molar-refractivity contribution in [2.75, 3.05) is 20.3 Å². The van der Waals surface area contributed by atoms with Crippen molar-refractivity contribution >= 4 is 18.3 Å². The van der Waals surface area contributed by atoms with Gasteiger partial charge in [-0.2, -0.15) is 0 Å². The number of rotatable bonds is 5. The number of benzene rings is 1. The molecule has 21 heavy (non-hydrogen) atoms. The Morgan fingerprint density at radius 1 is 1.38 bits per heavy atom. The third-order valence-electron chi connectivity index (χ3n) is 3.42. The van der Waals surface area contributed by atoms with Gasteiger partial charge < -0.3 is 20.1 Å². The van der Waals surface area contributed by atoms with Gasteiger partial charge in [0.2, 0.25) is 0 Å². The van der Waals surface area contributed by atoms with Crippen LogP contribution in [0, 0.1) is 0 Å². The van der Waals surface area contributed by atoms with E-state index >= 15 is 0 Å². The van der Waals surface area contributed by atoms with Crippen LogP contribution in [-0.2, 0) is 4.79 Å². The van der Waals surface area contributed by atoms with Gasteiger partial charge in [-0.05, 0) is 38.4 Å². The van der Waals surface area contributed by atoms with Crippen LogP contribution in [0.5, 0.6) is 11.5 Å². The molecule has 1 aliphatic heterocycles. The molecule has 0 spiro atoms. The maximum absolute atomic E-state index is 11.9. The second-order valence-electron chi connectivity index (χ2n) is 5.08. The first-order valence-corrected chi connectivity index (χ1v) is 6.97. The summed E-state index contributed by atoms with van der Waals surface area (Å²) in [6.07, 6.45) is 1.92. The zero-order valence-corrected chi connectivity index (χ0v) is 13.2. The van der Waals surface area contributed by atoms with Crippen molar-refractivity contribution in [3.05, 3.63) is 24.3 Å². The van der Waals surface area contributed by atoms with Crippen molar-refractivity contribution in [3.63, 3.8) is 0 Å². The summed E-state index contributed by atoms with van der Waals surface area (Å²) in [7, 11) is 1.58. The van der Waals surface area contributed by atoms with Crippen molar-refractivity contribution < 1.29 is 14.3 Å². The maximum Gasteiger partial charge on any atom is 0.258 e. The van der Waals surface area contributed by atoms with Gasteiger partial charge in [0.1, 0.15) is 0 Å². The number of nitrogens with one attached hydrogen (secondary N) is 2. The van der Waals surface area contributed by atoms with E-state index in [2.05, 4.69) is 17.6 Å². The molecule has 0 aromatic heterocycles. The molecule has 1 amide bonds. The highest BCUT2D eigenvalue weighted by atomic mass is 35.5. The van der Waals surface area contributed by atoms with Crippen LogP contribution in [0.4, 0.5) is 0 Å². The van der Waals surface area contributed by atoms with E-state index in [1.807, 2.05) is 18.2 Å². The molecule has 1 aromatic rings. The van der Waals surface area contributed by atoms with Gasteiger partial charge in [0, 0.05) is 12.1 Å². The molecular formula is C15H23ClN2O3. The molecule has 0 aliphatic carbocycles. The Balaban J connectivity index is 0.00000220. The number of hydrogen-bond acceptors (Lipinski definition) is 4. The van der Waals surface area contributed by atoms with Crippen LogP contribution >= 0.6 is 12.4 Å². The third-order valence-corrected chi connectivity index (χ3v) is 3.42. The Morgan fingerprint density at radius 3 is 2.76 bits per heavy atom. The number of piperidine rings is 1. The molecule has 1 saturated heterocycles. The SMILES string of the molecule is COc1ccccc1OCC(=O)NC1CCNC(C)C1.Cl. The van der Waals surface area contributed by atoms with Gasteiger partial charge in [0.05, 0.1) is 7.11 Å². The second-order valence-corrected chi connectivity index (χ2v) is 5.08. The quantitative estimate of drug-likeness (QED) is 0.869. The number of para-hydroxylation sites is 2. The summed E-state index contributed by atoms with van der Waals surface area (Å²) in [5.41, 5.74) is 0. The molecule has 2 N–H and O–H groups in total. The van der Waals surface area contributed by atoms with Crippen LogP contribution < -0.4 is 20.1 Å². The normalized spacial score (nSPS) is 21.0. The van der Waals surface area contributed by atoms with E-state index in [9.17, 15) is 4.79 Å². The lowest BCUT2D eigenvalue weighted by Crippen LogP contribution is -2.47. The van der Waals surface area contributed by atoms with Crippen LogP contribution in [0.15, 0.2) is 24.3 Å². The van der Waals surface area contributed by atoms with E-state index in [1.54, 1.807) is 13.2 Å². The zero-order valence-electron chi connectivity index (χ0n) is 12.4. The summed E-state index contributed by atoms with van der Waals surface area (Å²) in [6.45, 7) is 3.09. The van der Waals surface area contributed by atoms with Crippen LogP contribution in [0.3, 0.4) is 0 Å². The lowest BCUT2D eigenvalue weighted by Gasteiger charge is -2.28. The van der Waals surface area contributed by atoms with Crippen LogP contribution in [0.2, 0.25) is 0 Å². The number of halogens is 1. The van der Waals surface area contributed by atoms with Crippen molar-refractivity contribution in [2.24, 2.45) is 0 Å². The fourth-order valence-corrected chi connectivity index (χ4v) is 2.41. The van der Waals surface area contributed by atoms with Gasteiger partial charge in [-0.3, -0.25) is 4.79 Å². The van der Waals surface area contributed by atoms with Gasteiger partial charge in [-0.1, -0.05) is 12.1 Å². The molecule has 0 saturated carbocycles. The summed E-state index contributed by atoms with van der Waals surface area (Å²) >= 11 is 0. The van der Waals surface area contributed by atoms with Gasteiger partial charge in [0.25, 0.3) is 5.91 Å². The van der Waals surface area contributed by atoms with E-state index in [0.29, 0.717) is 17.5 Å². The molecule has 0 bridgehead atoms. The highest BCUT2D eigenvalue weighted by Crippen LogP contribution is 2.25. The minimum absolute atomic E-state index is 0. The van der Waals surface area contributed by atoms with E-state index in [1.165, 1.54) is 0 Å². The first kappa shape index (κ1) is 17.6. The number of carbonyl (C=O) groups is 1. The van der Waals surface area contributed by atoms with Gasteiger partial charge in [-0.25, -0.2) is 0 Å². The number of carbonyl (C=O) groups excluding carboxylic acids is 1. The first-order valence-electron chi connectivity index (χ1n) is 6.97. The highest BCUT2D eigenvalue weighted by Gasteiger charge is 2.20. The molecule has 6 heteroatoms. The molecule has 1 heterocycles. The summed E-state index contributed by atoms with van der Waals surface area (Å²) in [6, 6.07) is 8.00. The van der Waals surface area contributed by atoms with Crippen molar-refractivity contribution in [1.29, 1.82) is 0 Å². The Kier molecular flexibility index (Phi) is 7.32. The van der Waals surface area contributed by atoms with Crippen LogP contribution in [-0.4, -0.2) is 38.3 Å². The molecule has 118 valence electrons. The summed E-state index contributed by atoms with van der Waals surface area (Å²) in [5, 5.41) is 6.37. The monoisotopic (exact) mass is 314 g/mol. The molecule has 1 aromatic carbocycles. The molecule has 5 nitrogen and oxygen atoms in total. The van der Waals surface area contributed by atoms with E-state index in [4.69, 9.17) is 9.47 Å². The second kappa shape index (κ2) is 8.74. The van der Waals surface area contributed by atoms with Crippen LogP contribution in [0.1, 0.15) is 19.8 Å². The predicted octanol–water partition coefficient (Wildman–Crippen LogP) is 1.75. The minimum atomic E-state index is -0.0880. The summed E-state index contributed by atoms with van der Waals surface area (Å²) < 4.78 is 10.7. The average Bonchev–Trinajstić information content (AvgIpc) is 2.45. The van der Waals surface area contributed by atoms with E-state index in [-0.39, 0.29) is 31.0 Å². The number of ether oxygens (including phenoxy) is 2. The zero-order chi connectivity index (χ0) is 14.4. The summed E-state index contributed by atoms with van der Waals surface area (Å²) in [5.74, 6) is 1.13. The topological polar surface area (TPSA) is 59.6 Å². The predicted molar refractivity (Wildman–Crippen MR) is 84.4 cm³/mol. The maximum atomic E-state index is 11.9. The van der Waals surface area contributed by atoms with Gasteiger partial charge >= 0.3 is 0 Å². The molecule has 2 atom stereocenters. The standard InChI is InChI=1S/C15H22N2O3.ClH/c1-11-9-12(7-8-16-11)17-15(18)10-20-14-6-4-3-5-13(14)19-2;/h3-6,11-12,16H,7-10H2,1-2H3,(H,17,18);1H. The van der Waals surface area contributed by atoms with E-state index < -0.39 is 0 Å². The average molecular weight is 315 g/mol. The molecular weight excluding hydrogens is 292 g/mol. The fraction of sp³-hybridized carbons (Fsp3) is 0.533. The Morgan fingerprint density at radius 2 is 2.10 bits per heavy atom. The van der Waals surface area contributed by atoms with E-state index in [0.717, 1.165) is 19.4 Å². The molecule has 0 radical (unpaired) electrons. The molecule has 1 aliphatic rings. The first-order chi connectivity index (χ1) is 9.69. The lowest BCUT2D eigenvalue weighted by molar-refractivity contribution is -0.124. The number of amides is 1. The largest absolute Gasteiger partial charge is 0.493 e. The van der Waals surface area contributed by atoms with Gasteiger partial charge in [0.15, 0.2) is 18.1 Å². The van der Waals surface area contributed by atoms with Crippen molar-refractivity contribution in [2.45, 2.75) is 31.8 Å². The fourth-order valence-electron chi connectivity index (χ4n) is 2.41. The lowest BCUT2D eigenvalue weighted by atomic mass is 10.0. The van der Waals surface area contributed by atoms with Crippen molar-refractivity contribution in [3.8, 4) is 11.5 Å². The molecule has 1 fully saturated rings. The number of hydrogen-bond donors (Lipinski definition) is 2. The van der Waals surface area contributed by atoms with Gasteiger partial charge in [-0.15, -0.1) is 12.4 Å². The Bertz CT molecular complexity index is 456. The highest BCUT2D eigenvalue weighted by molar-refractivity contribution is 5.85. The summed E-state index contributed by atoms with van der Waals surface area (Å²) in [4.78, 5) is 11.9.